The zero-order valence-corrected chi connectivity index (χ0v) is 14.8. The minimum absolute atomic E-state index is 0.0681. The molecule has 9 heteroatoms. The van der Waals surface area contributed by atoms with Gasteiger partial charge in [0.15, 0.2) is 0 Å². The standard InChI is InChI=1S/C19H18N2O7/c22-18(23)17-10-16(28-15-4-2-1-3-5-15)11-20(17)19(24)27-12-13-6-8-14(9-7-13)21(25)26/h1-9,16-17H,10-12H2,(H,22,23)/t16?,17-/m0/s1. The molecule has 0 saturated carbocycles. The summed E-state index contributed by atoms with van der Waals surface area (Å²) in [6.45, 7) is -0.0329. The van der Waals surface area contributed by atoms with Crippen molar-refractivity contribution in [2.24, 2.45) is 0 Å². The quantitative estimate of drug-likeness (QED) is 0.599. The Morgan fingerprint density at radius 1 is 1.14 bits per heavy atom. The molecule has 0 aromatic heterocycles. The molecule has 2 aromatic rings. The second-order valence-electron chi connectivity index (χ2n) is 6.27. The van der Waals surface area contributed by atoms with Crippen LogP contribution in [0.4, 0.5) is 10.5 Å². The van der Waals surface area contributed by atoms with Gasteiger partial charge in [0.2, 0.25) is 0 Å². The van der Waals surface area contributed by atoms with Gasteiger partial charge in [-0.2, -0.15) is 0 Å². The number of carboxylic acid groups (broad SMARTS) is 1. The minimum Gasteiger partial charge on any atom is -0.488 e. The van der Waals surface area contributed by atoms with Gasteiger partial charge in [0.05, 0.1) is 11.5 Å². The first kappa shape index (κ1) is 19.2. The van der Waals surface area contributed by atoms with Crippen LogP contribution in [0.5, 0.6) is 5.75 Å². The summed E-state index contributed by atoms with van der Waals surface area (Å²) in [6.07, 6.45) is -1.09. The summed E-state index contributed by atoms with van der Waals surface area (Å²) in [7, 11) is 0. The lowest BCUT2D eigenvalue weighted by atomic mass is 10.2. The SMILES string of the molecule is O=C(O)[C@@H]1CC(Oc2ccccc2)CN1C(=O)OCc1ccc([N+](=O)[O-])cc1. The van der Waals surface area contributed by atoms with Crippen LogP contribution in [0.2, 0.25) is 0 Å². The molecule has 1 N–H and O–H groups in total. The second kappa shape index (κ2) is 8.38. The molecule has 1 heterocycles. The number of hydrogen-bond acceptors (Lipinski definition) is 6. The number of carbonyl (C=O) groups excluding carboxylic acids is 1. The summed E-state index contributed by atoms with van der Waals surface area (Å²) in [5.74, 6) is -0.538. The average Bonchev–Trinajstić information content (AvgIpc) is 3.11. The molecule has 1 amide bonds. The minimum atomic E-state index is -1.13. The summed E-state index contributed by atoms with van der Waals surface area (Å²) < 4.78 is 10.9. The first-order chi connectivity index (χ1) is 13.4. The number of nitro groups is 1. The van der Waals surface area contributed by atoms with Crippen LogP contribution in [-0.2, 0) is 16.1 Å². The molecule has 1 unspecified atom stereocenters. The number of amides is 1. The molecule has 0 spiro atoms. The number of aliphatic carboxylic acids is 1. The second-order valence-corrected chi connectivity index (χ2v) is 6.27. The zero-order chi connectivity index (χ0) is 20.1. The lowest BCUT2D eigenvalue weighted by Crippen LogP contribution is -2.40. The van der Waals surface area contributed by atoms with Gasteiger partial charge >= 0.3 is 12.1 Å². The Hall–Kier alpha value is -3.62. The van der Waals surface area contributed by atoms with Crippen LogP contribution in [0, 0.1) is 10.1 Å². The number of likely N-dealkylation sites (tertiary alicyclic amines) is 1. The Kier molecular flexibility index (Phi) is 5.73. The van der Waals surface area contributed by atoms with E-state index >= 15 is 0 Å². The summed E-state index contributed by atoms with van der Waals surface area (Å²) in [4.78, 5) is 35.2. The third-order valence-corrected chi connectivity index (χ3v) is 4.34. The fourth-order valence-electron chi connectivity index (χ4n) is 2.95. The summed E-state index contributed by atoms with van der Waals surface area (Å²) in [5, 5.41) is 20.1. The van der Waals surface area contributed by atoms with Gasteiger partial charge in [0, 0.05) is 18.6 Å². The van der Waals surface area contributed by atoms with E-state index in [1.165, 1.54) is 24.3 Å². The molecule has 146 valence electrons. The van der Waals surface area contributed by atoms with Crippen LogP contribution in [0.25, 0.3) is 0 Å². The monoisotopic (exact) mass is 386 g/mol. The molecule has 1 saturated heterocycles. The molecule has 0 aliphatic carbocycles. The van der Waals surface area contributed by atoms with Crippen LogP contribution < -0.4 is 4.74 Å². The smallest absolute Gasteiger partial charge is 0.410 e. The van der Waals surface area contributed by atoms with Crippen molar-refractivity contribution in [3.8, 4) is 5.75 Å². The molecular weight excluding hydrogens is 368 g/mol. The first-order valence-corrected chi connectivity index (χ1v) is 8.55. The molecule has 0 radical (unpaired) electrons. The van der Waals surface area contributed by atoms with Gasteiger partial charge in [-0.25, -0.2) is 9.59 Å². The Balaban J connectivity index is 1.60. The number of para-hydroxylation sites is 1. The molecule has 0 bridgehead atoms. The third kappa shape index (κ3) is 4.56. The fraction of sp³-hybridized carbons (Fsp3) is 0.263. The van der Waals surface area contributed by atoms with E-state index in [1.807, 2.05) is 6.07 Å². The van der Waals surface area contributed by atoms with Crippen LogP contribution in [0.15, 0.2) is 54.6 Å². The van der Waals surface area contributed by atoms with E-state index in [-0.39, 0.29) is 25.3 Å². The van der Waals surface area contributed by atoms with E-state index in [0.717, 1.165) is 4.90 Å². The van der Waals surface area contributed by atoms with Crippen molar-refractivity contribution in [1.82, 2.24) is 4.90 Å². The maximum absolute atomic E-state index is 12.4. The first-order valence-electron chi connectivity index (χ1n) is 8.55. The van der Waals surface area contributed by atoms with Gasteiger partial charge in [-0.15, -0.1) is 0 Å². The number of nitrogens with zero attached hydrogens (tertiary/aromatic N) is 2. The highest BCUT2D eigenvalue weighted by atomic mass is 16.6. The molecule has 28 heavy (non-hydrogen) atoms. The van der Waals surface area contributed by atoms with Crippen molar-refractivity contribution in [3.63, 3.8) is 0 Å². The van der Waals surface area contributed by atoms with E-state index in [0.29, 0.717) is 11.3 Å². The number of nitro benzene ring substituents is 1. The molecular formula is C19H18N2O7. The van der Waals surface area contributed by atoms with Gasteiger partial charge in [0.25, 0.3) is 5.69 Å². The maximum atomic E-state index is 12.4. The van der Waals surface area contributed by atoms with E-state index in [1.54, 1.807) is 24.3 Å². The third-order valence-electron chi connectivity index (χ3n) is 4.34. The van der Waals surface area contributed by atoms with Crippen LogP contribution >= 0.6 is 0 Å². The molecule has 1 fully saturated rings. The van der Waals surface area contributed by atoms with Crippen molar-refractivity contribution < 1.29 is 29.1 Å². The van der Waals surface area contributed by atoms with Gasteiger partial charge in [-0.1, -0.05) is 18.2 Å². The summed E-state index contributed by atoms with van der Waals surface area (Å²) >= 11 is 0. The average molecular weight is 386 g/mol. The largest absolute Gasteiger partial charge is 0.488 e. The number of carbonyl (C=O) groups is 2. The van der Waals surface area contributed by atoms with Crippen molar-refractivity contribution >= 4 is 17.7 Å². The number of non-ortho nitro benzene ring substituents is 1. The molecule has 2 aromatic carbocycles. The normalized spacial score (nSPS) is 18.5. The predicted octanol–water partition coefficient (Wildman–Crippen LogP) is 2.84. The lowest BCUT2D eigenvalue weighted by Gasteiger charge is -2.20. The van der Waals surface area contributed by atoms with Crippen molar-refractivity contribution in [2.45, 2.75) is 25.2 Å². The zero-order valence-electron chi connectivity index (χ0n) is 14.8. The van der Waals surface area contributed by atoms with Crippen molar-refractivity contribution in [2.75, 3.05) is 6.54 Å². The molecule has 3 rings (SSSR count). The summed E-state index contributed by atoms with van der Waals surface area (Å²) in [6, 6.07) is 13.5. The fourth-order valence-corrected chi connectivity index (χ4v) is 2.95. The molecule has 2 atom stereocenters. The topological polar surface area (TPSA) is 119 Å². The highest BCUT2D eigenvalue weighted by Crippen LogP contribution is 2.24. The number of carboxylic acids is 1. The van der Waals surface area contributed by atoms with Gasteiger partial charge in [0.1, 0.15) is 24.5 Å². The maximum Gasteiger partial charge on any atom is 0.410 e. The van der Waals surface area contributed by atoms with Gasteiger partial charge < -0.3 is 14.6 Å². The van der Waals surface area contributed by atoms with Crippen molar-refractivity contribution in [3.05, 3.63) is 70.3 Å². The number of benzene rings is 2. The number of hydrogen-bond donors (Lipinski definition) is 1. The molecule has 1 aliphatic heterocycles. The lowest BCUT2D eigenvalue weighted by molar-refractivity contribution is -0.384. The van der Waals surface area contributed by atoms with Crippen molar-refractivity contribution in [1.29, 1.82) is 0 Å². The van der Waals surface area contributed by atoms with E-state index in [9.17, 15) is 24.8 Å². The Morgan fingerprint density at radius 3 is 2.43 bits per heavy atom. The predicted molar refractivity (Wildman–Crippen MR) is 96.9 cm³/mol. The Labute approximate surface area is 160 Å². The Morgan fingerprint density at radius 2 is 1.82 bits per heavy atom. The molecule has 1 aliphatic rings. The molecule has 9 nitrogen and oxygen atoms in total. The number of ether oxygens (including phenoxy) is 2. The van der Waals surface area contributed by atoms with Crippen LogP contribution in [0.3, 0.4) is 0 Å². The van der Waals surface area contributed by atoms with Crippen LogP contribution in [-0.4, -0.2) is 45.7 Å². The van der Waals surface area contributed by atoms with E-state index in [4.69, 9.17) is 9.47 Å². The van der Waals surface area contributed by atoms with Gasteiger partial charge in [-0.05, 0) is 29.8 Å². The van der Waals surface area contributed by atoms with E-state index in [2.05, 4.69) is 0 Å². The summed E-state index contributed by atoms with van der Waals surface area (Å²) in [5.41, 5.74) is 0.489. The van der Waals surface area contributed by atoms with Gasteiger partial charge in [-0.3, -0.25) is 15.0 Å². The Bertz CT molecular complexity index is 854. The number of rotatable bonds is 6. The van der Waals surface area contributed by atoms with Crippen LogP contribution in [0.1, 0.15) is 12.0 Å². The highest BCUT2D eigenvalue weighted by molar-refractivity contribution is 5.81. The highest BCUT2D eigenvalue weighted by Gasteiger charge is 2.41. The van der Waals surface area contributed by atoms with E-state index < -0.39 is 29.1 Å².